The van der Waals surface area contributed by atoms with Crippen molar-refractivity contribution in [1.82, 2.24) is 4.90 Å². The summed E-state index contributed by atoms with van der Waals surface area (Å²) in [5, 5.41) is 21.2. The molecule has 2 N–H and O–H groups in total. The number of cyclic esters (lactones) is 1. The number of fused-ring (bicyclic) bond motifs is 2. The Balaban J connectivity index is 1.36. The molecule has 0 aromatic heterocycles. The Kier molecular flexibility index (Phi) is 7.91. The largest absolute Gasteiger partial charge is 0.483 e. The molecular weight excluding hydrogens is 422 g/mol. The third kappa shape index (κ3) is 5.52. The van der Waals surface area contributed by atoms with Crippen molar-refractivity contribution in [3.05, 3.63) is 29.3 Å². The van der Waals surface area contributed by atoms with Gasteiger partial charge in [-0.2, -0.15) is 0 Å². The lowest BCUT2D eigenvalue weighted by Crippen LogP contribution is -2.35. The lowest BCUT2D eigenvalue weighted by atomic mass is 9.73. The summed E-state index contributed by atoms with van der Waals surface area (Å²) >= 11 is 0. The number of amides is 2. The molecule has 2 aliphatic carbocycles. The lowest BCUT2D eigenvalue weighted by molar-refractivity contribution is -0.129. The molecule has 0 spiro atoms. The molecular formula is C26H37NO6. The fourth-order valence-corrected chi connectivity index (χ4v) is 5.94. The zero-order valence-electron chi connectivity index (χ0n) is 19.6. The zero-order chi connectivity index (χ0) is 23.4. The molecule has 1 aromatic carbocycles. The Morgan fingerprint density at radius 2 is 2.12 bits per heavy atom. The highest BCUT2D eigenvalue weighted by Gasteiger charge is 2.45. The van der Waals surface area contributed by atoms with Crippen molar-refractivity contribution in [2.75, 3.05) is 19.8 Å². The summed E-state index contributed by atoms with van der Waals surface area (Å²) in [5.41, 5.74) is 2.33. The molecule has 33 heavy (non-hydrogen) atoms. The first-order chi connectivity index (χ1) is 16.0. The molecule has 1 heterocycles. The van der Waals surface area contributed by atoms with Crippen molar-refractivity contribution in [3.8, 4) is 5.75 Å². The zero-order valence-corrected chi connectivity index (χ0v) is 19.6. The third-order valence-electron chi connectivity index (χ3n) is 7.73. The van der Waals surface area contributed by atoms with Gasteiger partial charge in [-0.05, 0) is 73.5 Å². The molecule has 0 unspecified atom stereocenters. The number of aliphatic hydroxyl groups excluding tert-OH is 2. The van der Waals surface area contributed by atoms with Crippen LogP contribution in [0.1, 0.15) is 63.0 Å². The van der Waals surface area contributed by atoms with E-state index in [-0.39, 0.29) is 37.9 Å². The minimum Gasteiger partial charge on any atom is -0.483 e. The lowest BCUT2D eigenvalue weighted by Gasteiger charge is -2.32. The van der Waals surface area contributed by atoms with Crippen molar-refractivity contribution in [2.24, 2.45) is 17.8 Å². The van der Waals surface area contributed by atoms with Crippen LogP contribution in [0.2, 0.25) is 0 Å². The van der Waals surface area contributed by atoms with E-state index in [4.69, 9.17) is 9.47 Å². The highest BCUT2D eigenvalue weighted by atomic mass is 16.6. The molecule has 1 saturated heterocycles. The average Bonchev–Trinajstić information content (AvgIpc) is 3.36. The predicted octanol–water partition coefficient (Wildman–Crippen LogP) is 3.48. The van der Waals surface area contributed by atoms with Gasteiger partial charge in [0.25, 0.3) is 5.91 Å². The quantitative estimate of drug-likeness (QED) is 0.520. The summed E-state index contributed by atoms with van der Waals surface area (Å²) in [7, 11) is 0. The van der Waals surface area contributed by atoms with Gasteiger partial charge in [-0.15, -0.1) is 0 Å². The maximum Gasteiger partial charge on any atom is 0.416 e. The molecule has 7 heteroatoms. The maximum atomic E-state index is 12.3. The van der Waals surface area contributed by atoms with E-state index in [9.17, 15) is 19.8 Å². The van der Waals surface area contributed by atoms with E-state index >= 15 is 0 Å². The molecule has 2 amide bonds. The summed E-state index contributed by atoms with van der Waals surface area (Å²) < 4.78 is 10.7. The molecule has 1 saturated carbocycles. The van der Waals surface area contributed by atoms with Crippen LogP contribution in [-0.4, -0.2) is 59.1 Å². The Bertz CT molecular complexity index is 842. The number of imide groups is 1. The second kappa shape index (κ2) is 10.9. The standard InChI is InChI=1S/C26H37NO6/c1-2-3-4-7-19(28)9-10-20-21-13-17-6-5-8-24(22(17)14-18(21)15-23(20)29)33-16-25(30)27-11-12-32-26(27)31/h5-6,8,18-21,23,28-29H,2-4,7,9-16H2,1H3/t18-,19-,20+,21-,23+/m0/s1. The minimum absolute atomic E-state index is 0.194. The topological polar surface area (TPSA) is 96.3 Å². The molecule has 4 rings (SSSR count). The summed E-state index contributed by atoms with van der Waals surface area (Å²) in [5.74, 6) is 1.31. The number of carbonyl (C=O) groups excluding carboxylic acids is 2. The highest BCUT2D eigenvalue weighted by molar-refractivity contribution is 5.93. The number of ether oxygens (including phenoxy) is 2. The van der Waals surface area contributed by atoms with Crippen LogP contribution in [0.4, 0.5) is 4.79 Å². The number of hydrogen-bond acceptors (Lipinski definition) is 6. The number of benzene rings is 1. The summed E-state index contributed by atoms with van der Waals surface area (Å²) in [4.78, 5) is 25.0. The molecule has 7 nitrogen and oxygen atoms in total. The van der Waals surface area contributed by atoms with Gasteiger partial charge in [-0.25, -0.2) is 9.69 Å². The van der Waals surface area contributed by atoms with Crippen LogP contribution in [0.5, 0.6) is 5.75 Å². The Morgan fingerprint density at radius 3 is 2.88 bits per heavy atom. The van der Waals surface area contributed by atoms with Crippen molar-refractivity contribution < 1.29 is 29.3 Å². The van der Waals surface area contributed by atoms with Crippen molar-refractivity contribution in [1.29, 1.82) is 0 Å². The Morgan fingerprint density at radius 1 is 1.27 bits per heavy atom. The molecule has 0 radical (unpaired) electrons. The second-order valence-corrected chi connectivity index (χ2v) is 9.87. The molecule has 1 aromatic rings. The van der Waals surface area contributed by atoms with E-state index in [1.807, 2.05) is 12.1 Å². The molecule has 0 bridgehead atoms. The van der Waals surface area contributed by atoms with Crippen LogP contribution in [-0.2, 0) is 22.4 Å². The van der Waals surface area contributed by atoms with Gasteiger partial charge in [0.2, 0.25) is 0 Å². The van der Waals surface area contributed by atoms with Gasteiger partial charge < -0.3 is 19.7 Å². The molecule has 1 aliphatic heterocycles. The number of aliphatic hydroxyl groups is 2. The highest BCUT2D eigenvalue weighted by Crippen LogP contribution is 2.48. The van der Waals surface area contributed by atoms with Crippen molar-refractivity contribution in [3.63, 3.8) is 0 Å². The average molecular weight is 460 g/mol. The van der Waals surface area contributed by atoms with E-state index in [0.717, 1.165) is 68.3 Å². The van der Waals surface area contributed by atoms with Gasteiger partial charge in [0.05, 0.1) is 18.8 Å². The van der Waals surface area contributed by atoms with Gasteiger partial charge >= 0.3 is 6.09 Å². The fourth-order valence-electron chi connectivity index (χ4n) is 5.94. The van der Waals surface area contributed by atoms with Crippen LogP contribution in [0.25, 0.3) is 0 Å². The van der Waals surface area contributed by atoms with Crippen molar-refractivity contribution in [2.45, 2.75) is 76.9 Å². The van der Waals surface area contributed by atoms with Gasteiger partial charge in [-0.3, -0.25) is 4.79 Å². The number of hydrogen-bond donors (Lipinski definition) is 2. The monoisotopic (exact) mass is 459 g/mol. The van der Waals surface area contributed by atoms with Gasteiger partial charge in [0.15, 0.2) is 6.61 Å². The number of rotatable bonds is 10. The first-order valence-corrected chi connectivity index (χ1v) is 12.5. The first-order valence-electron chi connectivity index (χ1n) is 12.5. The van der Waals surface area contributed by atoms with E-state index < -0.39 is 12.0 Å². The first kappa shape index (κ1) is 24.0. The normalized spacial score (nSPS) is 27.1. The van der Waals surface area contributed by atoms with Crippen LogP contribution in [0.3, 0.4) is 0 Å². The molecule has 3 aliphatic rings. The summed E-state index contributed by atoms with van der Waals surface area (Å²) in [6.07, 6.45) is 7.11. The van der Waals surface area contributed by atoms with Crippen LogP contribution >= 0.6 is 0 Å². The maximum absolute atomic E-state index is 12.3. The molecule has 5 atom stereocenters. The number of carbonyl (C=O) groups is 2. The number of nitrogens with zero attached hydrogens (tertiary/aromatic N) is 1. The summed E-state index contributed by atoms with van der Waals surface area (Å²) in [6.45, 7) is 2.47. The Hall–Kier alpha value is -2.12. The fraction of sp³-hybridized carbons (Fsp3) is 0.692. The molecule has 2 fully saturated rings. The van der Waals surface area contributed by atoms with Crippen LogP contribution in [0, 0.1) is 17.8 Å². The molecule has 182 valence electrons. The SMILES string of the molecule is CCCCC[C@H](O)CC[C@@H]1[C@H]2Cc3cccc(OCC(=O)N4CCOC4=O)c3C[C@H]2C[C@H]1O. The van der Waals surface area contributed by atoms with Crippen LogP contribution < -0.4 is 4.74 Å². The minimum atomic E-state index is -0.608. The van der Waals surface area contributed by atoms with Crippen LogP contribution in [0.15, 0.2) is 18.2 Å². The van der Waals surface area contributed by atoms with Crippen molar-refractivity contribution >= 4 is 12.0 Å². The van der Waals surface area contributed by atoms with E-state index in [0.29, 0.717) is 17.6 Å². The smallest absolute Gasteiger partial charge is 0.416 e. The predicted molar refractivity (Wildman–Crippen MR) is 123 cm³/mol. The van der Waals surface area contributed by atoms with Gasteiger partial charge in [0, 0.05) is 0 Å². The number of unbranched alkanes of at least 4 members (excludes halogenated alkanes) is 2. The third-order valence-corrected chi connectivity index (χ3v) is 7.73. The van der Waals surface area contributed by atoms with E-state index in [1.165, 1.54) is 5.56 Å². The summed E-state index contributed by atoms with van der Waals surface area (Å²) in [6, 6.07) is 5.94. The second-order valence-electron chi connectivity index (χ2n) is 9.87. The van der Waals surface area contributed by atoms with Gasteiger partial charge in [0.1, 0.15) is 12.4 Å². The Labute approximate surface area is 196 Å². The van der Waals surface area contributed by atoms with Gasteiger partial charge in [-0.1, -0.05) is 38.3 Å². The van der Waals surface area contributed by atoms with E-state index in [2.05, 4.69) is 13.0 Å². The van der Waals surface area contributed by atoms with E-state index in [1.54, 1.807) is 0 Å².